The van der Waals surface area contributed by atoms with E-state index in [4.69, 9.17) is 9.15 Å². The number of benzene rings is 3. The highest BCUT2D eigenvalue weighted by molar-refractivity contribution is 6.05. The van der Waals surface area contributed by atoms with Crippen molar-refractivity contribution in [3.05, 3.63) is 95.8 Å². The number of fused-ring (bicyclic) bond motifs is 1. The Balaban J connectivity index is 1.84. The molecule has 4 rings (SSSR count). The fourth-order valence-electron chi connectivity index (χ4n) is 2.88. The molecular weight excluding hydrogens is 371 g/mol. The first-order valence-electron chi connectivity index (χ1n) is 8.91. The zero-order valence-corrected chi connectivity index (χ0v) is 15.6. The number of nitrogens with one attached hydrogen (secondary N) is 1. The van der Waals surface area contributed by atoms with Crippen LogP contribution in [0.1, 0.15) is 10.4 Å². The van der Waals surface area contributed by atoms with Crippen LogP contribution in [-0.4, -0.2) is 13.0 Å². The topological polar surface area (TPSA) is 63.8 Å². The molecule has 0 atom stereocenters. The SMILES string of the molecule is COc1ccc(N=c2oc3ccccc3cc2C(=O)Nc2ccccc2)cc1F. The number of halogens is 1. The summed E-state index contributed by atoms with van der Waals surface area (Å²) in [4.78, 5) is 17.3. The van der Waals surface area contributed by atoms with Gasteiger partial charge in [0.2, 0.25) is 5.55 Å². The van der Waals surface area contributed by atoms with E-state index in [2.05, 4.69) is 10.3 Å². The highest BCUT2D eigenvalue weighted by Gasteiger charge is 2.13. The molecule has 6 heteroatoms. The average Bonchev–Trinajstić information content (AvgIpc) is 2.74. The fraction of sp³-hybridized carbons (Fsp3) is 0.0435. The number of ether oxygens (including phenoxy) is 1. The van der Waals surface area contributed by atoms with Crippen LogP contribution in [0.15, 0.2) is 88.3 Å². The molecule has 0 bridgehead atoms. The van der Waals surface area contributed by atoms with Gasteiger partial charge in [0.15, 0.2) is 11.6 Å². The molecule has 0 fully saturated rings. The van der Waals surface area contributed by atoms with Gasteiger partial charge in [0.05, 0.1) is 12.8 Å². The van der Waals surface area contributed by atoms with Gasteiger partial charge in [-0.2, -0.15) is 0 Å². The number of anilines is 1. The van der Waals surface area contributed by atoms with E-state index in [1.54, 1.807) is 30.3 Å². The fourth-order valence-corrected chi connectivity index (χ4v) is 2.88. The first-order chi connectivity index (χ1) is 14.1. The van der Waals surface area contributed by atoms with Crippen molar-refractivity contribution in [2.45, 2.75) is 0 Å². The third-order valence-corrected chi connectivity index (χ3v) is 4.30. The first kappa shape index (κ1) is 18.4. The number of hydrogen-bond donors (Lipinski definition) is 1. The quantitative estimate of drug-likeness (QED) is 0.531. The second-order valence-corrected chi connectivity index (χ2v) is 6.25. The number of hydrogen-bond acceptors (Lipinski definition) is 4. The molecule has 1 heterocycles. The van der Waals surface area contributed by atoms with Crippen LogP contribution in [0.4, 0.5) is 15.8 Å². The van der Waals surface area contributed by atoms with Crippen molar-refractivity contribution in [1.29, 1.82) is 0 Å². The van der Waals surface area contributed by atoms with Gasteiger partial charge in [-0.3, -0.25) is 4.79 Å². The zero-order valence-electron chi connectivity index (χ0n) is 15.6. The maximum absolute atomic E-state index is 14.1. The second-order valence-electron chi connectivity index (χ2n) is 6.25. The molecule has 0 saturated heterocycles. The Labute approximate surface area is 166 Å². The van der Waals surface area contributed by atoms with Gasteiger partial charge < -0.3 is 14.5 Å². The second kappa shape index (κ2) is 7.98. The third-order valence-electron chi connectivity index (χ3n) is 4.30. The summed E-state index contributed by atoms with van der Waals surface area (Å²) in [5.41, 5.74) is 1.84. The monoisotopic (exact) mass is 388 g/mol. The lowest BCUT2D eigenvalue weighted by atomic mass is 10.1. The van der Waals surface area contributed by atoms with E-state index in [1.807, 2.05) is 36.4 Å². The summed E-state index contributed by atoms with van der Waals surface area (Å²) in [5, 5.41) is 3.58. The predicted molar refractivity (Wildman–Crippen MR) is 109 cm³/mol. The van der Waals surface area contributed by atoms with Gasteiger partial charge in [-0.15, -0.1) is 0 Å². The van der Waals surface area contributed by atoms with E-state index in [-0.39, 0.29) is 22.8 Å². The minimum atomic E-state index is -0.551. The van der Waals surface area contributed by atoms with E-state index in [0.29, 0.717) is 17.0 Å². The lowest BCUT2D eigenvalue weighted by Gasteiger charge is -2.07. The molecule has 1 aromatic heterocycles. The van der Waals surface area contributed by atoms with Crippen molar-refractivity contribution < 1.29 is 18.3 Å². The Bertz CT molecular complexity index is 1250. The molecule has 0 unspecified atom stereocenters. The molecule has 0 aliphatic carbocycles. The average molecular weight is 388 g/mol. The van der Waals surface area contributed by atoms with Gasteiger partial charge in [-0.25, -0.2) is 9.38 Å². The molecule has 0 spiro atoms. The Morgan fingerprint density at radius 2 is 1.76 bits per heavy atom. The smallest absolute Gasteiger partial charge is 0.261 e. The van der Waals surface area contributed by atoms with Crippen molar-refractivity contribution in [3.8, 4) is 5.75 Å². The molecular formula is C23H17FN2O3. The summed E-state index contributed by atoms with van der Waals surface area (Å²) in [5.74, 6) is -0.815. The van der Waals surface area contributed by atoms with Crippen LogP contribution < -0.4 is 15.6 Å². The maximum atomic E-state index is 14.1. The summed E-state index contributed by atoms with van der Waals surface area (Å²) < 4.78 is 24.9. The summed E-state index contributed by atoms with van der Waals surface area (Å²) in [6, 6.07) is 22.4. The van der Waals surface area contributed by atoms with Crippen LogP contribution in [0, 0.1) is 5.82 Å². The van der Waals surface area contributed by atoms with Crippen molar-refractivity contribution in [1.82, 2.24) is 0 Å². The number of nitrogens with zero attached hydrogens (tertiary/aromatic N) is 1. The standard InChI is InChI=1S/C23H17FN2O3/c1-28-21-12-11-17(14-19(21)24)26-23-18(13-15-7-5-6-10-20(15)29-23)22(27)25-16-8-3-2-4-9-16/h2-14H,1H3,(H,25,27). The molecule has 4 aromatic rings. The number of rotatable bonds is 4. The third kappa shape index (κ3) is 4.01. The van der Waals surface area contributed by atoms with Gasteiger partial charge in [-0.05, 0) is 36.4 Å². The minimum Gasteiger partial charge on any atom is -0.494 e. The van der Waals surface area contributed by atoms with E-state index in [1.165, 1.54) is 19.2 Å². The van der Waals surface area contributed by atoms with Gasteiger partial charge in [0.1, 0.15) is 11.1 Å². The molecule has 1 N–H and O–H groups in total. The minimum absolute atomic E-state index is 0.0849. The summed E-state index contributed by atoms with van der Waals surface area (Å²) >= 11 is 0. The number of amides is 1. The van der Waals surface area contributed by atoms with E-state index in [0.717, 1.165) is 5.39 Å². The molecule has 0 saturated carbocycles. The zero-order chi connectivity index (χ0) is 20.2. The Hall–Kier alpha value is -3.93. The van der Waals surface area contributed by atoms with Crippen LogP contribution in [-0.2, 0) is 0 Å². The van der Waals surface area contributed by atoms with Gasteiger partial charge in [0.25, 0.3) is 5.91 Å². The molecule has 5 nitrogen and oxygen atoms in total. The van der Waals surface area contributed by atoms with Gasteiger partial charge >= 0.3 is 0 Å². The van der Waals surface area contributed by atoms with Crippen LogP contribution in [0.2, 0.25) is 0 Å². The van der Waals surface area contributed by atoms with Crippen molar-refractivity contribution in [2.24, 2.45) is 4.99 Å². The van der Waals surface area contributed by atoms with Gasteiger partial charge in [-0.1, -0.05) is 36.4 Å². The normalized spacial score (nSPS) is 11.4. The number of carbonyl (C=O) groups is 1. The summed E-state index contributed by atoms with van der Waals surface area (Å²) in [6.45, 7) is 0. The highest BCUT2D eigenvalue weighted by Crippen LogP contribution is 2.23. The molecule has 3 aromatic carbocycles. The molecule has 29 heavy (non-hydrogen) atoms. The molecule has 0 aliphatic heterocycles. The number of methoxy groups -OCH3 is 1. The summed E-state index contributed by atoms with van der Waals surface area (Å²) in [7, 11) is 1.39. The maximum Gasteiger partial charge on any atom is 0.261 e. The van der Waals surface area contributed by atoms with Crippen LogP contribution in [0.5, 0.6) is 5.75 Å². The highest BCUT2D eigenvalue weighted by atomic mass is 19.1. The lowest BCUT2D eigenvalue weighted by molar-refractivity contribution is 0.102. The van der Waals surface area contributed by atoms with Crippen molar-refractivity contribution in [3.63, 3.8) is 0 Å². The van der Waals surface area contributed by atoms with Crippen LogP contribution in [0.3, 0.4) is 0 Å². The molecule has 0 aliphatic rings. The van der Waals surface area contributed by atoms with Crippen molar-refractivity contribution in [2.75, 3.05) is 12.4 Å². The molecule has 144 valence electrons. The summed E-state index contributed by atoms with van der Waals surface area (Å²) in [6.07, 6.45) is 0. The number of para-hydroxylation sites is 2. The van der Waals surface area contributed by atoms with E-state index in [9.17, 15) is 9.18 Å². The lowest BCUT2D eigenvalue weighted by Crippen LogP contribution is -2.21. The van der Waals surface area contributed by atoms with E-state index < -0.39 is 5.82 Å². The largest absolute Gasteiger partial charge is 0.494 e. The molecule has 1 amide bonds. The van der Waals surface area contributed by atoms with Crippen molar-refractivity contribution >= 4 is 28.3 Å². The molecule has 0 radical (unpaired) electrons. The van der Waals surface area contributed by atoms with Gasteiger partial charge in [0, 0.05) is 17.1 Å². The van der Waals surface area contributed by atoms with Crippen LogP contribution >= 0.6 is 0 Å². The Kier molecular flexibility index (Phi) is 5.07. The predicted octanol–water partition coefficient (Wildman–Crippen LogP) is 5.07. The van der Waals surface area contributed by atoms with E-state index >= 15 is 0 Å². The first-order valence-corrected chi connectivity index (χ1v) is 8.91. The van der Waals surface area contributed by atoms with Crippen LogP contribution in [0.25, 0.3) is 11.0 Å². The Morgan fingerprint density at radius 1 is 1.00 bits per heavy atom. The Morgan fingerprint density at radius 3 is 2.52 bits per heavy atom. The number of carbonyl (C=O) groups excluding carboxylic acids is 1.